The first-order valence-electron chi connectivity index (χ1n) is 5.68. The largest absolute Gasteiger partial charge is 0.377 e. The van der Waals surface area contributed by atoms with Gasteiger partial charge in [-0.05, 0) is 31.2 Å². The summed E-state index contributed by atoms with van der Waals surface area (Å²) in [6.07, 6.45) is 1.84. The zero-order valence-electron chi connectivity index (χ0n) is 9.77. The Morgan fingerprint density at radius 1 is 1.33 bits per heavy atom. The molecule has 3 rings (SSSR count). The predicted octanol–water partition coefficient (Wildman–Crippen LogP) is 4.45. The van der Waals surface area contributed by atoms with Gasteiger partial charge in [0.2, 0.25) is 0 Å². The Hall–Kier alpha value is -1.52. The van der Waals surface area contributed by atoms with Crippen LogP contribution in [0.5, 0.6) is 0 Å². The minimum absolute atomic E-state index is 0.225. The number of halogens is 1. The van der Waals surface area contributed by atoms with Gasteiger partial charge in [0, 0.05) is 16.0 Å². The van der Waals surface area contributed by atoms with Crippen molar-refractivity contribution in [2.75, 3.05) is 5.32 Å². The maximum Gasteiger partial charge on any atom is 0.0932 e. The van der Waals surface area contributed by atoms with Crippen molar-refractivity contribution in [1.29, 1.82) is 0 Å². The molecule has 0 bridgehead atoms. The fourth-order valence-corrected chi connectivity index (χ4v) is 3.02. The van der Waals surface area contributed by atoms with Crippen LogP contribution in [0.25, 0.3) is 10.9 Å². The van der Waals surface area contributed by atoms with Crippen LogP contribution >= 0.6 is 22.9 Å². The molecule has 0 aliphatic rings. The zero-order valence-corrected chi connectivity index (χ0v) is 11.3. The Balaban J connectivity index is 1.90. The summed E-state index contributed by atoms with van der Waals surface area (Å²) < 4.78 is 0.820. The molecule has 2 heterocycles. The third-order valence-electron chi connectivity index (χ3n) is 2.88. The molecule has 18 heavy (non-hydrogen) atoms. The van der Waals surface area contributed by atoms with Crippen LogP contribution < -0.4 is 5.32 Å². The van der Waals surface area contributed by atoms with E-state index in [0.717, 1.165) is 20.9 Å². The molecule has 0 spiro atoms. The minimum atomic E-state index is 0.225. The minimum Gasteiger partial charge on any atom is -0.377 e. The molecule has 3 aromatic rings. The van der Waals surface area contributed by atoms with Crippen molar-refractivity contribution in [1.82, 2.24) is 10.2 Å². The molecule has 0 aliphatic carbocycles. The smallest absolute Gasteiger partial charge is 0.0932 e. The number of hydrogen-bond donors (Lipinski definition) is 2. The van der Waals surface area contributed by atoms with Crippen LogP contribution in [0.15, 0.2) is 36.5 Å². The van der Waals surface area contributed by atoms with E-state index in [2.05, 4.69) is 34.6 Å². The first-order chi connectivity index (χ1) is 8.74. The highest BCUT2D eigenvalue weighted by atomic mass is 35.5. The highest BCUT2D eigenvalue weighted by Gasteiger charge is 2.10. The van der Waals surface area contributed by atoms with Crippen molar-refractivity contribution < 1.29 is 0 Å². The number of rotatable bonds is 3. The summed E-state index contributed by atoms with van der Waals surface area (Å²) in [6, 6.07) is 10.3. The van der Waals surface area contributed by atoms with E-state index in [9.17, 15) is 0 Å². The fraction of sp³-hybridized carbons (Fsp3) is 0.154. The number of hydrogen-bond acceptors (Lipinski definition) is 3. The van der Waals surface area contributed by atoms with Crippen LogP contribution in [-0.4, -0.2) is 10.2 Å². The molecule has 1 aromatic carbocycles. The van der Waals surface area contributed by atoms with Crippen LogP contribution in [0.3, 0.4) is 0 Å². The number of thiophene rings is 1. The first kappa shape index (κ1) is 11.6. The number of aromatic amines is 1. The lowest BCUT2D eigenvalue weighted by Gasteiger charge is -2.14. The van der Waals surface area contributed by atoms with E-state index in [-0.39, 0.29) is 6.04 Å². The van der Waals surface area contributed by atoms with Gasteiger partial charge in [-0.1, -0.05) is 17.7 Å². The highest BCUT2D eigenvalue weighted by Crippen LogP contribution is 2.30. The normalized spacial score (nSPS) is 12.8. The first-order valence-corrected chi connectivity index (χ1v) is 6.87. The molecule has 0 aliphatic heterocycles. The molecule has 92 valence electrons. The Kier molecular flexibility index (Phi) is 2.97. The van der Waals surface area contributed by atoms with E-state index in [1.54, 1.807) is 11.3 Å². The Morgan fingerprint density at radius 3 is 3.00 bits per heavy atom. The number of aromatic nitrogens is 2. The van der Waals surface area contributed by atoms with Crippen molar-refractivity contribution in [3.05, 3.63) is 45.7 Å². The highest BCUT2D eigenvalue weighted by molar-refractivity contribution is 7.16. The SMILES string of the molecule is CC(Nc1cccc2[nH]ncc12)c1ccc(Cl)s1. The molecule has 0 fully saturated rings. The van der Waals surface area contributed by atoms with E-state index in [4.69, 9.17) is 11.6 Å². The molecule has 0 saturated carbocycles. The second-order valence-corrected chi connectivity index (χ2v) is 5.89. The number of H-pyrrole nitrogens is 1. The van der Waals surface area contributed by atoms with Crippen molar-refractivity contribution in [3.8, 4) is 0 Å². The molecule has 0 amide bonds. The topological polar surface area (TPSA) is 40.7 Å². The number of benzene rings is 1. The fourth-order valence-electron chi connectivity index (χ4n) is 1.96. The van der Waals surface area contributed by atoms with Crippen LogP contribution in [0, 0.1) is 0 Å². The maximum atomic E-state index is 5.96. The van der Waals surface area contributed by atoms with Crippen LogP contribution in [0.1, 0.15) is 17.8 Å². The van der Waals surface area contributed by atoms with E-state index < -0.39 is 0 Å². The van der Waals surface area contributed by atoms with Gasteiger partial charge in [0.05, 0.1) is 22.1 Å². The molecule has 5 heteroatoms. The summed E-state index contributed by atoms with van der Waals surface area (Å²) in [5, 5.41) is 11.6. The summed E-state index contributed by atoms with van der Waals surface area (Å²) in [5.74, 6) is 0. The number of fused-ring (bicyclic) bond motifs is 1. The van der Waals surface area contributed by atoms with Gasteiger partial charge in [-0.3, -0.25) is 5.10 Å². The number of anilines is 1. The molecule has 1 unspecified atom stereocenters. The van der Waals surface area contributed by atoms with Gasteiger partial charge in [0.25, 0.3) is 0 Å². The molecular weight excluding hydrogens is 266 g/mol. The molecule has 0 saturated heterocycles. The quantitative estimate of drug-likeness (QED) is 0.742. The van der Waals surface area contributed by atoms with Gasteiger partial charge in [-0.25, -0.2) is 0 Å². The lowest BCUT2D eigenvalue weighted by Crippen LogP contribution is -2.04. The summed E-state index contributed by atoms with van der Waals surface area (Å²) >= 11 is 7.56. The van der Waals surface area contributed by atoms with Gasteiger partial charge in [0.15, 0.2) is 0 Å². The van der Waals surface area contributed by atoms with Crippen molar-refractivity contribution >= 4 is 39.5 Å². The second kappa shape index (κ2) is 4.63. The van der Waals surface area contributed by atoms with Crippen molar-refractivity contribution in [3.63, 3.8) is 0 Å². The molecular formula is C13H12ClN3S. The summed E-state index contributed by atoms with van der Waals surface area (Å²) in [4.78, 5) is 1.22. The molecule has 1 atom stereocenters. The summed E-state index contributed by atoms with van der Waals surface area (Å²) in [5.41, 5.74) is 2.12. The third-order valence-corrected chi connectivity index (χ3v) is 4.29. The Bertz CT molecular complexity index is 673. The Labute approximate surface area is 114 Å². The monoisotopic (exact) mass is 277 g/mol. The van der Waals surface area contributed by atoms with Gasteiger partial charge < -0.3 is 5.32 Å². The number of nitrogens with zero attached hydrogens (tertiary/aromatic N) is 1. The maximum absolute atomic E-state index is 5.96. The van der Waals surface area contributed by atoms with Crippen LogP contribution in [0.4, 0.5) is 5.69 Å². The Morgan fingerprint density at radius 2 is 2.22 bits per heavy atom. The van der Waals surface area contributed by atoms with E-state index in [1.165, 1.54) is 4.88 Å². The lowest BCUT2D eigenvalue weighted by molar-refractivity contribution is 0.910. The molecule has 0 radical (unpaired) electrons. The van der Waals surface area contributed by atoms with Crippen molar-refractivity contribution in [2.24, 2.45) is 0 Å². The van der Waals surface area contributed by atoms with Gasteiger partial charge >= 0.3 is 0 Å². The third kappa shape index (κ3) is 2.09. The van der Waals surface area contributed by atoms with Gasteiger partial charge in [0.1, 0.15) is 0 Å². The molecule has 3 nitrogen and oxygen atoms in total. The lowest BCUT2D eigenvalue weighted by atomic mass is 10.2. The average Bonchev–Trinajstić information content (AvgIpc) is 2.97. The average molecular weight is 278 g/mol. The second-order valence-electron chi connectivity index (χ2n) is 4.14. The van der Waals surface area contributed by atoms with Crippen LogP contribution in [0.2, 0.25) is 4.34 Å². The van der Waals surface area contributed by atoms with Crippen LogP contribution in [-0.2, 0) is 0 Å². The summed E-state index contributed by atoms with van der Waals surface area (Å²) in [7, 11) is 0. The predicted molar refractivity (Wildman–Crippen MR) is 77.5 cm³/mol. The standard InChI is InChI=1S/C13H12ClN3S/c1-8(12-5-6-13(14)18-12)16-10-3-2-4-11-9(10)7-15-17-11/h2-8,16H,1H3,(H,15,17). The van der Waals surface area contributed by atoms with E-state index in [1.807, 2.05) is 24.4 Å². The number of nitrogens with one attached hydrogen (secondary N) is 2. The van der Waals surface area contributed by atoms with Gasteiger partial charge in [-0.15, -0.1) is 11.3 Å². The summed E-state index contributed by atoms with van der Waals surface area (Å²) in [6.45, 7) is 2.13. The zero-order chi connectivity index (χ0) is 12.5. The van der Waals surface area contributed by atoms with Crippen molar-refractivity contribution in [2.45, 2.75) is 13.0 Å². The van der Waals surface area contributed by atoms with E-state index in [0.29, 0.717) is 0 Å². The van der Waals surface area contributed by atoms with Gasteiger partial charge in [-0.2, -0.15) is 5.10 Å². The van der Waals surface area contributed by atoms with E-state index >= 15 is 0 Å². The molecule has 2 aromatic heterocycles. The molecule has 2 N–H and O–H groups in total.